The number of nitrogen functional groups attached to an aromatic ring is 1. The summed E-state index contributed by atoms with van der Waals surface area (Å²) in [7, 11) is 0. The van der Waals surface area contributed by atoms with Crippen molar-refractivity contribution in [1.82, 2.24) is 0 Å². The number of carbonyl (C=O) groups is 1. The Morgan fingerprint density at radius 2 is 1.92 bits per heavy atom. The summed E-state index contributed by atoms with van der Waals surface area (Å²) < 4.78 is 5.85. The zero-order valence-corrected chi connectivity index (χ0v) is 14.9. The number of ether oxygens (including phenoxy) is 1. The maximum atomic E-state index is 12.9. The van der Waals surface area contributed by atoms with Crippen molar-refractivity contribution >= 4 is 35.0 Å². The standard InChI is InChI=1S/C20H21ClN2O2/c1-2-3-4-11-23-17-13-16(22)9-10-18(17)25-19(20(23)24)12-14-5-7-15(21)8-6-14/h5-10,12-13H,2-4,11,22H2,1H3/b19-12+. The fourth-order valence-corrected chi connectivity index (χ4v) is 2.91. The molecule has 0 bridgehead atoms. The molecule has 2 aromatic rings. The van der Waals surface area contributed by atoms with E-state index in [4.69, 9.17) is 22.1 Å². The molecular formula is C20H21ClN2O2. The number of rotatable bonds is 5. The molecular weight excluding hydrogens is 336 g/mol. The van der Waals surface area contributed by atoms with Crippen molar-refractivity contribution < 1.29 is 9.53 Å². The van der Waals surface area contributed by atoms with Crippen LogP contribution in [0.3, 0.4) is 0 Å². The second-order valence-corrected chi connectivity index (χ2v) is 6.49. The molecule has 0 atom stereocenters. The lowest BCUT2D eigenvalue weighted by atomic mass is 10.1. The summed E-state index contributed by atoms with van der Waals surface area (Å²) in [6.07, 6.45) is 4.84. The molecule has 1 heterocycles. The molecule has 0 aromatic heterocycles. The van der Waals surface area contributed by atoms with E-state index in [0.717, 1.165) is 30.5 Å². The lowest BCUT2D eigenvalue weighted by Gasteiger charge is -2.30. The molecule has 130 valence electrons. The maximum Gasteiger partial charge on any atom is 0.294 e. The van der Waals surface area contributed by atoms with Crippen molar-refractivity contribution in [2.75, 3.05) is 17.2 Å². The van der Waals surface area contributed by atoms with Crippen LogP contribution in [0.25, 0.3) is 6.08 Å². The maximum absolute atomic E-state index is 12.9. The molecule has 0 unspecified atom stereocenters. The van der Waals surface area contributed by atoms with E-state index in [2.05, 4.69) is 6.92 Å². The number of halogens is 1. The van der Waals surface area contributed by atoms with Gasteiger partial charge in [0.1, 0.15) is 0 Å². The van der Waals surface area contributed by atoms with Crippen LogP contribution >= 0.6 is 11.6 Å². The third-order valence-electron chi connectivity index (χ3n) is 4.10. The van der Waals surface area contributed by atoms with Crippen LogP contribution in [0.5, 0.6) is 5.75 Å². The molecule has 0 aliphatic carbocycles. The zero-order valence-electron chi connectivity index (χ0n) is 14.2. The average Bonchev–Trinajstić information content (AvgIpc) is 2.60. The smallest absolute Gasteiger partial charge is 0.294 e. The number of carbonyl (C=O) groups excluding carboxylic acids is 1. The number of unbranched alkanes of at least 4 members (excludes halogenated alkanes) is 2. The normalized spacial score (nSPS) is 15.2. The molecule has 2 N–H and O–H groups in total. The number of nitrogens with two attached hydrogens (primary N) is 1. The first-order valence-corrected chi connectivity index (χ1v) is 8.83. The summed E-state index contributed by atoms with van der Waals surface area (Å²) in [5, 5.41) is 0.653. The highest BCUT2D eigenvalue weighted by Crippen LogP contribution is 2.37. The van der Waals surface area contributed by atoms with Crippen LogP contribution in [-0.2, 0) is 4.79 Å². The highest BCUT2D eigenvalue weighted by molar-refractivity contribution is 6.30. The number of amides is 1. The van der Waals surface area contributed by atoms with Gasteiger partial charge in [-0.2, -0.15) is 0 Å². The number of benzene rings is 2. The first-order valence-electron chi connectivity index (χ1n) is 8.45. The van der Waals surface area contributed by atoms with Crippen LogP contribution in [0.1, 0.15) is 31.7 Å². The molecule has 25 heavy (non-hydrogen) atoms. The molecule has 5 heteroatoms. The Morgan fingerprint density at radius 3 is 2.64 bits per heavy atom. The van der Waals surface area contributed by atoms with E-state index in [1.807, 2.05) is 12.1 Å². The summed E-state index contributed by atoms with van der Waals surface area (Å²) in [5.41, 5.74) is 8.10. The third kappa shape index (κ3) is 3.97. The van der Waals surface area contributed by atoms with Gasteiger partial charge in [-0.15, -0.1) is 0 Å². The van der Waals surface area contributed by atoms with Crippen LogP contribution in [0, 0.1) is 0 Å². The van der Waals surface area contributed by atoms with Crippen molar-refractivity contribution in [3.8, 4) is 5.75 Å². The molecule has 4 nitrogen and oxygen atoms in total. The fourth-order valence-electron chi connectivity index (χ4n) is 2.78. The minimum atomic E-state index is -0.149. The third-order valence-corrected chi connectivity index (χ3v) is 4.35. The quantitative estimate of drug-likeness (QED) is 0.472. The van der Waals surface area contributed by atoms with E-state index >= 15 is 0 Å². The number of nitrogens with zero attached hydrogens (tertiary/aromatic N) is 1. The van der Waals surface area contributed by atoms with Gasteiger partial charge in [0.15, 0.2) is 11.5 Å². The van der Waals surface area contributed by atoms with E-state index in [1.54, 1.807) is 41.3 Å². The van der Waals surface area contributed by atoms with Crippen LogP contribution in [0.15, 0.2) is 48.2 Å². The number of hydrogen-bond acceptors (Lipinski definition) is 3. The van der Waals surface area contributed by atoms with E-state index < -0.39 is 0 Å². The molecule has 0 saturated heterocycles. The molecule has 0 spiro atoms. The summed E-state index contributed by atoms with van der Waals surface area (Å²) in [6.45, 7) is 2.78. The first-order chi connectivity index (χ1) is 12.1. The summed E-state index contributed by atoms with van der Waals surface area (Å²) in [4.78, 5) is 14.7. The minimum Gasteiger partial charge on any atom is -0.449 e. The van der Waals surface area contributed by atoms with E-state index in [9.17, 15) is 4.79 Å². The van der Waals surface area contributed by atoms with Crippen molar-refractivity contribution in [2.45, 2.75) is 26.2 Å². The van der Waals surface area contributed by atoms with Gasteiger partial charge in [0.25, 0.3) is 5.91 Å². The van der Waals surface area contributed by atoms with Crippen molar-refractivity contribution in [3.05, 3.63) is 58.8 Å². The largest absolute Gasteiger partial charge is 0.449 e. The number of anilines is 2. The van der Waals surface area contributed by atoms with Crippen LogP contribution in [0.4, 0.5) is 11.4 Å². The van der Waals surface area contributed by atoms with Gasteiger partial charge in [-0.3, -0.25) is 4.79 Å². The van der Waals surface area contributed by atoms with Gasteiger partial charge in [0, 0.05) is 17.3 Å². The van der Waals surface area contributed by atoms with E-state index in [1.165, 1.54) is 0 Å². The SMILES string of the molecule is CCCCCN1C(=O)/C(=C\c2ccc(Cl)cc2)Oc2ccc(N)cc21. The Bertz CT molecular complexity index is 800. The highest BCUT2D eigenvalue weighted by Gasteiger charge is 2.30. The molecule has 1 aliphatic heterocycles. The van der Waals surface area contributed by atoms with Crippen molar-refractivity contribution in [3.63, 3.8) is 0 Å². The number of hydrogen-bond donors (Lipinski definition) is 1. The topological polar surface area (TPSA) is 55.6 Å². The molecule has 0 fully saturated rings. The molecule has 3 rings (SSSR count). The van der Waals surface area contributed by atoms with Gasteiger partial charge < -0.3 is 15.4 Å². The second kappa shape index (κ2) is 7.62. The monoisotopic (exact) mass is 356 g/mol. The van der Waals surface area contributed by atoms with Crippen molar-refractivity contribution in [1.29, 1.82) is 0 Å². The van der Waals surface area contributed by atoms with Gasteiger partial charge in [0.2, 0.25) is 0 Å². The van der Waals surface area contributed by atoms with Gasteiger partial charge in [0.05, 0.1) is 5.69 Å². The first kappa shape index (κ1) is 17.4. The zero-order chi connectivity index (χ0) is 17.8. The Kier molecular flexibility index (Phi) is 5.29. The van der Waals surface area contributed by atoms with Crippen LogP contribution in [-0.4, -0.2) is 12.5 Å². The predicted molar refractivity (Wildman–Crippen MR) is 103 cm³/mol. The van der Waals surface area contributed by atoms with Crippen LogP contribution < -0.4 is 15.4 Å². The fraction of sp³-hybridized carbons (Fsp3) is 0.250. The molecule has 1 amide bonds. The minimum absolute atomic E-state index is 0.149. The highest BCUT2D eigenvalue weighted by atomic mass is 35.5. The van der Waals surface area contributed by atoms with Crippen LogP contribution in [0.2, 0.25) is 5.02 Å². The Balaban J connectivity index is 1.95. The van der Waals surface area contributed by atoms with Crippen molar-refractivity contribution in [2.24, 2.45) is 0 Å². The molecule has 1 aliphatic rings. The second-order valence-electron chi connectivity index (χ2n) is 6.05. The Labute approximate surface area is 152 Å². The lowest BCUT2D eigenvalue weighted by molar-refractivity contribution is -0.117. The van der Waals surface area contributed by atoms with E-state index in [-0.39, 0.29) is 5.91 Å². The Morgan fingerprint density at radius 1 is 1.16 bits per heavy atom. The van der Waals surface area contributed by atoms with Gasteiger partial charge in [-0.25, -0.2) is 0 Å². The molecule has 0 saturated carbocycles. The Hall–Kier alpha value is -2.46. The predicted octanol–water partition coefficient (Wildman–Crippen LogP) is 4.88. The van der Waals surface area contributed by atoms with Gasteiger partial charge in [-0.1, -0.05) is 43.5 Å². The summed E-state index contributed by atoms with van der Waals surface area (Å²) >= 11 is 5.92. The average molecular weight is 357 g/mol. The molecule has 0 radical (unpaired) electrons. The van der Waals surface area contributed by atoms with Gasteiger partial charge in [-0.05, 0) is 48.4 Å². The summed E-state index contributed by atoms with van der Waals surface area (Å²) in [6, 6.07) is 12.7. The number of fused-ring (bicyclic) bond motifs is 1. The molecule has 2 aromatic carbocycles. The summed E-state index contributed by atoms with van der Waals surface area (Å²) in [5.74, 6) is 0.797. The van der Waals surface area contributed by atoms with Gasteiger partial charge >= 0.3 is 0 Å². The lowest BCUT2D eigenvalue weighted by Crippen LogP contribution is -2.38. The van der Waals surface area contributed by atoms with E-state index in [0.29, 0.717) is 28.8 Å².